The third kappa shape index (κ3) is 3.20. The van der Waals surface area contributed by atoms with E-state index < -0.39 is 4.92 Å². The Bertz CT molecular complexity index is 453. The summed E-state index contributed by atoms with van der Waals surface area (Å²) in [6, 6.07) is 5.02. The minimum Gasteiger partial charge on any atom is -0.382 e. The molecule has 0 aromatic heterocycles. The lowest BCUT2D eigenvalue weighted by Gasteiger charge is -2.13. The molecule has 0 amide bonds. The van der Waals surface area contributed by atoms with E-state index in [9.17, 15) is 10.1 Å². The summed E-state index contributed by atoms with van der Waals surface area (Å²) in [6.45, 7) is 2.74. The van der Waals surface area contributed by atoms with Crippen molar-refractivity contribution in [3.8, 4) is 0 Å². The second-order valence-corrected chi connectivity index (χ2v) is 5.30. The van der Waals surface area contributed by atoms with Gasteiger partial charge in [0.1, 0.15) is 0 Å². The number of hydrogen-bond donors (Lipinski definition) is 1. The van der Waals surface area contributed by atoms with Crippen molar-refractivity contribution in [1.29, 1.82) is 0 Å². The Labute approximate surface area is 114 Å². The number of rotatable bonds is 4. The third-order valence-corrected chi connectivity index (χ3v) is 3.67. The predicted molar refractivity (Wildman–Crippen MR) is 72.9 cm³/mol. The van der Waals surface area contributed by atoms with E-state index in [1.54, 1.807) is 6.07 Å². The van der Waals surface area contributed by atoms with E-state index in [2.05, 4.69) is 28.2 Å². The van der Waals surface area contributed by atoms with Crippen LogP contribution in [0.3, 0.4) is 0 Å². The van der Waals surface area contributed by atoms with Crippen molar-refractivity contribution in [3.05, 3.63) is 32.8 Å². The van der Waals surface area contributed by atoms with Crippen LogP contribution in [0.2, 0.25) is 0 Å². The van der Waals surface area contributed by atoms with Crippen molar-refractivity contribution >= 4 is 27.3 Å². The van der Waals surface area contributed by atoms with Gasteiger partial charge in [0.2, 0.25) is 0 Å². The van der Waals surface area contributed by atoms with Crippen LogP contribution in [0.25, 0.3) is 0 Å². The molecule has 1 aliphatic heterocycles. The summed E-state index contributed by atoms with van der Waals surface area (Å²) in [5.74, 6) is 0. The van der Waals surface area contributed by atoms with E-state index in [-0.39, 0.29) is 11.8 Å². The smallest absolute Gasteiger partial charge is 0.285 e. The van der Waals surface area contributed by atoms with Gasteiger partial charge in [-0.2, -0.15) is 0 Å². The lowest BCUT2D eigenvalue weighted by Crippen LogP contribution is -2.19. The van der Waals surface area contributed by atoms with Crippen LogP contribution in [0.5, 0.6) is 0 Å². The maximum absolute atomic E-state index is 10.8. The molecule has 0 spiro atoms. The van der Waals surface area contributed by atoms with E-state index in [0.29, 0.717) is 17.1 Å². The topological polar surface area (TPSA) is 64.4 Å². The summed E-state index contributed by atoms with van der Waals surface area (Å²) in [4.78, 5) is 10.4. The predicted octanol–water partition coefficient (Wildman–Crippen LogP) is 3.34. The van der Waals surface area contributed by atoms with Crippen LogP contribution in [-0.2, 0) is 4.74 Å². The first-order valence-corrected chi connectivity index (χ1v) is 6.69. The summed E-state index contributed by atoms with van der Waals surface area (Å²) in [5.41, 5.74) is 0.814. The van der Waals surface area contributed by atoms with Crippen molar-refractivity contribution in [1.82, 2.24) is 0 Å². The number of halogens is 1. The van der Waals surface area contributed by atoms with Gasteiger partial charge < -0.3 is 10.1 Å². The molecule has 98 valence electrons. The van der Waals surface area contributed by atoms with Crippen LogP contribution in [0.1, 0.15) is 19.8 Å². The molecule has 0 radical (unpaired) electrons. The van der Waals surface area contributed by atoms with Gasteiger partial charge in [0.25, 0.3) is 5.69 Å². The van der Waals surface area contributed by atoms with Crippen LogP contribution in [0.4, 0.5) is 11.4 Å². The number of nitrogens with one attached hydrogen (secondary N) is 1. The third-order valence-electron chi connectivity index (χ3n) is 3.00. The Morgan fingerprint density at radius 1 is 1.56 bits per heavy atom. The second-order valence-electron chi connectivity index (χ2n) is 4.45. The molecule has 2 atom stereocenters. The fourth-order valence-corrected chi connectivity index (χ4v) is 2.42. The number of ether oxygens (including phenoxy) is 1. The zero-order valence-electron chi connectivity index (χ0n) is 10.1. The molecule has 1 fully saturated rings. The van der Waals surface area contributed by atoms with Gasteiger partial charge in [-0.3, -0.25) is 10.1 Å². The van der Waals surface area contributed by atoms with Crippen molar-refractivity contribution in [2.24, 2.45) is 0 Å². The molecule has 2 unspecified atom stereocenters. The highest BCUT2D eigenvalue weighted by Gasteiger charge is 2.21. The average Bonchev–Trinajstić information content (AvgIpc) is 2.74. The molecular weight excluding hydrogens is 300 g/mol. The summed E-state index contributed by atoms with van der Waals surface area (Å²) in [6.07, 6.45) is 2.62. The van der Waals surface area contributed by atoms with Gasteiger partial charge in [-0.25, -0.2) is 0 Å². The Morgan fingerprint density at radius 3 is 2.94 bits per heavy atom. The van der Waals surface area contributed by atoms with Crippen LogP contribution in [0, 0.1) is 10.1 Å². The maximum atomic E-state index is 10.8. The molecule has 18 heavy (non-hydrogen) atoms. The molecule has 1 aromatic rings. The summed E-state index contributed by atoms with van der Waals surface area (Å²) in [5, 5.41) is 14.0. The number of nitrogens with zero attached hydrogens (tertiary/aromatic N) is 1. The molecule has 6 heteroatoms. The normalized spacial score (nSPS) is 23.0. The molecule has 0 aliphatic carbocycles. The monoisotopic (exact) mass is 314 g/mol. The van der Waals surface area contributed by atoms with Crippen LogP contribution in [-0.4, -0.2) is 23.7 Å². The lowest BCUT2D eigenvalue weighted by molar-refractivity contribution is -0.385. The minimum absolute atomic E-state index is 0.0701. The first-order valence-electron chi connectivity index (χ1n) is 5.89. The van der Waals surface area contributed by atoms with Gasteiger partial charge in [0, 0.05) is 18.3 Å². The number of hydrogen-bond acceptors (Lipinski definition) is 4. The van der Waals surface area contributed by atoms with Crippen LogP contribution in [0.15, 0.2) is 22.7 Å². The zero-order valence-corrected chi connectivity index (χ0v) is 11.6. The van der Waals surface area contributed by atoms with Crippen LogP contribution < -0.4 is 5.32 Å². The molecule has 2 rings (SSSR count). The van der Waals surface area contributed by atoms with Crippen LogP contribution >= 0.6 is 15.9 Å². The Kier molecular flexibility index (Phi) is 4.19. The number of nitro benzene ring substituents is 1. The fraction of sp³-hybridized carbons (Fsp3) is 0.500. The quantitative estimate of drug-likeness (QED) is 0.684. The molecule has 1 aromatic carbocycles. The van der Waals surface area contributed by atoms with Gasteiger partial charge in [-0.15, -0.1) is 0 Å². The highest BCUT2D eigenvalue weighted by atomic mass is 79.9. The van der Waals surface area contributed by atoms with Gasteiger partial charge in [0.05, 0.1) is 21.6 Å². The number of nitro groups is 1. The highest BCUT2D eigenvalue weighted by Crippen LogP contribution is 2.28. The zero-order chi connectivity index (χ0) is 13.1. The Morgan fingerprint density at radius 2 is 2.33 bits per heavy atom. The Hall–Kier alpha value is -1.14. The molecule has 5 nitrogen and oxygen atoms in total. The van der Waals surface area contributed by atoms with E-state index in [0.717, 1.165) is 18.5 Å². The number of benzene rings is 1. The Balaban J connectivity index is 1.97. The minimum atomic E-state index is -0.399. The SMILES string of the molecule is CC1CCC(CNc2ccc(Br)c([N+](=O)[O-])c2)O1. The van der Waals surface area contributed by atoms with E-state index >= 15 is 0 Å². The summed E-state index contributed by atoms with van der Waals surface area (Å²) in [7, 11) is 0. The molecule has 1 heterocycles. The largest absolute Gasteiger partial charge is 0.382 e. The first kappa shape index (κ1) is 13.3. The van der Waals surface area contributed by atoms with Crippen molar-refractivity contribution in [2.75, 3.05) is 11.9 Å². The van der Waals surface area contributed by atoms with E-state index in [1.807, 2.05) is 6.07 Å². The standard InChI is InChI=1S/C12H15BrN2O3/c1-8-2-4-10(18-8)7-14-9-3-5-11(13)12(6-9)15(16)17/h3,5-6,8,10,14H,2,4,7H2,1H3. The van der Waals surface area contributed by atoms with Crippen molar-refractivity contribution in [3.63, 3.8) is 0 Å². The second kappa shape index (κ2) is 5.67. The van der Waals surface area contributed by atoms with Crippen molar-refractivity contribution < 1.29 is 9.66 Å². The molecule has 1 saturated heterocycles. The van der Waals surface area contributed by atoms with Gasteiger partial charge in [-0.1, -0.05) is 0 Å². The summed E-state index contributed by atoms with van der Waals surface area (Å²) >= 11 is 3.16. The first-order chi connectivity index (χ1) is 8.56. The maximum Gasteiger partial charge on any atom is 0.285 e. The number of anilines is 1. The van der Waals surface area contributed by atoms with E-state index in [1.165, 1.54) is 6.07 Å². The fourth-order valence-electron chi connectivity index (χ4n) is 2.03. The average molecular weight is 315 g/mol. The highest BCUT2D eigenvalue weighted by molar-refractivity contribution is 9.10. The van der Waals surface area contributed by atoms with Gasteiger partial charge in [-0.05, 0) is 47.8 Å². The molecule has 1 aliphatic rings. The summed E-state index contributed by atoms with van der Waals surface area (Å²) < 4.78 is 6.17. The molecule has 1 N–H and O–H groups in total. The molecular formula is C12H15BrN2O3. The lowest BCUT2D eigenvalue weighted by atomic mass is 10.2. The van der Waals surface area contributed by atoms with Gasteiger partial charge >= 0.3 is 0 Å². The van der Waals surface area contributed by atoms with E-state index in [4.69, 9.17) is 4.74 Å². The van der Waals surface area contributed by atoms with Gasteiger partial charge in [0.15, 0.2) is 0 Å². The molecule has 0 saturated carbocycles. The van der Waals surface area contributed by atoms with Crippen molar-refractivity contribution in [2.45, 2.75) is 32.0 Å². The molecule has 0 bridgehead atoms.